The lowest BCUT2D eigenvalue weighted by atomic mass is 10.2. The predicted octanol–water partition coefficient (Wildman–Crippen LogP) is 0.444. The van der Waals surface area contributed by atoms with Gasteiger partial charge in [0.15, 0.2) is 0 Å². The van der Waals surface area contributed by atoms with Crippen LogP contribution in [-0.2, 0) is 9.59 Å². The molecule has 1 aliphatic rings. The van der Waals surface area contributed by atoms with E-state index in [4.69, 9.17) is 0 Å². The summed E-state index contributed by atoms with van der Waals surface area (Å²) in [5.41, 5.74) is 0. The van der Waals surface area contributed by atoms with Crippen molar-refractivity contribution in [1.82, 2.24) is 15.5 Å². The highest BCUT2D eigenvalue weighted by molar-refractivity contribution is 7.99. The molecule has 0 aromatic carbocycles. The fraction of sp³-hybridized carbons (Fsp3) is 0.818. The van der Waals surface area contributed by atoms with E-state index >= 15 is 0 Å². The minimum atomic E-state index is -0.295. The van der Waals surface area contributed by atoms with Crippen molar-refractivity contribution in [2.24, 2.45) is 0 Å². The molecule has 2 atom stereocenters. The number of thioether (sulfide) groups is 1. The van der Waals surface area contributed by atoms with E-state index in [1.165, 1.54) is 0 Å². The second-order valence-corrected chi connectivity index (χ2v) is 5.17. The number of rotatable bonds is 5. The molecule has 0 saturated carbocycles. The van der Waals surface area contributed by atoms with Crippen molar-refractivity contribution in [3.8, 4) is 0 Å². The molecule has 1 aliphatic heterocycles. The lowest BCUT2D eigenvalue weighted by molar-refractivity contribution is -0.137. The second kappa shape index (κ2) is 8.61. The summed E-state index contributed by atoms with van der Waals surface area (Å²) in [7, 11) is 1.86. The standard InChI is InChI=1S/C11H21N3O2S.ClH/c1-4-10(15)14-7-17-6-9(14)11(16)13-5-8(2)12-3;/h8-9,12H,4-7H2,1-3H3,(H,13,16);1H. The summed E-state index contributed by atoms with van der Waals surface area (Å²) < 4.78 is 0. The van der Waals surface area contributed by atoms with Gasteiger partial charge in [-0.3, -0.25) is 9.59 Å². The number of halogens is 1. The van der Waals surface area contributed by atoms with Gasteiger partial charge in [-0.1, -0.05) is 6.92 Å². The fourth-order valence-electron chi connectivity index (χ4n) is 1.58. The van der Waals surface area contributed by atoms with Crippen LogP contribution in [0.1, 0.15) is 20.3 Å². The number of amides is 2. The third kappa shape index (κ3) is 4.66. The molecule has 1 fully saturated rings. The molecule has 1 rings (SSSR count). The maximum absolute atomic E-state index is 12.0. The van der Waals surface area contributed by atoms with Gasteiger partial charge in [0.05, 0.1) is 5.88 Å². The Morgan fingerprint density at radius 2 is 2.17 bits per heavy atom. The molecule has 18 heavy (non-hydrogen) atoms. The van der Waals surface area contributed by atoms with Crippen LogP contribution in [0.25, 0.3) is 0 Å². The first-order valence-corrected chi connectivity index (χ1v) is 7.07. The normalized spacial score (nSPS) is 20.2. The Morgan fingerprint density at radius 1 is 1.50 bits per heavy atom. The van der Waals surface area contributed by atoms with Crippen LogP contribution in [-0.4, -0.2) is 54.0 Å². The quantitative estimate of drug-likeness (QED) is 0.773. The van der Waals surface area contributed by atoms with Gasteiger partial charge in [-0.15, -0.1) is 24.2 Å². The molecule has 2 N–H and O–H groups in total. The Labute approximate surface area is 119 Å². The van der Waals surface area contributed by atoms with Gasteiger partial charge in [-0.25, -0.2) is 0 Å². The number of nitrogens with zero attached hydrogens (tertiary/aromatic N) is 1. The van der Waals surface area contributed by atoms with Crippen LogP contribution in [0.2, 0.25) is 0 Å². The van der Waals surface area contributed by atoms with E-state index in [2.05, 4.69) is 10.6 Å². The van der Waals surface area contributed by atoms with Crippen molar-refractivity contribution in [2.45, 2.75) is 32.4 Å². The van der Waals surface area contributed by atoms with Crippen LogP contribution in [0, 0.1) is 0 Å². The van der Waals surface area contributed by atoms with E-state index in [9.17, 15) is 9.59 Å². The summed E-state index contributed by atoms with van der Waals surface area (Å²) in [5.74, 6) is 1.34. The molecule has 0 radical (unpaired) electrons. The monoisotopic (exact) mass is 295 g/mol. The van der Waals surface area contributed by atoms with Gasteiger partial charge in [0.2, 0.25) is 11.8 Å². The van der Waals surface area contributed by atoms with Crippen molar-refractivity contribution in [3.05, 3.63) is 0 Å². The maximum atomic E-state index is 12.0. The Bertz CT molecular complexity index is 291. The van der Waals surface area contributed by atoms with E-state index in [-0.39, 0.29) is 36.3 Å². The summed E-state index contributed by atoms with van der Waals surface area (Å²) in [6.07, 6.45) is 0.456. The van der Waals surface area contributed by atoms with Gasteiger partial charge in [-0.2, -0.15) is 0 Å². The molecule has 1 saturated heterocycles. The molecule has 2 unspecified atom stereocenters. The molecule has 0 aromatic rings. The van der Waals surface area contributed by atoms with E-state index in [1.807, 2.05) is 20.9 Å². The topological polar surface area (TPSA) is 61.4 Å². The Balaban J connectivity index is 0.00000289. The van der Waals surface area contributed by atoms with Crippen molar-refractivity contribution in [1.29, 1.82) is 0 Å². The smallest absolute Gasteiger partial charge is 0.243 e. The molecule has 0 aliphatic carbocycles. The van der Waals surface area contributed by atoms with Gasteiger partial charge in [0.1, 0.15) is 6.04 Å². The van der Waals surface area contributed by atoms with Crippen molar-refractivity contribution >= 4 is 36.0 Å². The maximum Gasteiger partial charge on any atom is 0.243 e. The summed E-state index contributed by atoms with van der Waals surface area (Å²) >= 11 is 1.63. The SMILES string of the molecule is CCC(=O)N1CSCC1C(=O)NCC(C)NC.Cl. The highest BCUT2D eigenvalue weighted by Gasteiger charge is 2.33. The summed E-state index contributed by atoms with van der Waals surface area (Å²) in [6.45, 7) is 4.41. The summed E-state index contributed by atoms with van der Waals surface area (Å²) in [5, 5.41) is 5.93. The molecular formula is C11H22ClN3O2S. The Hall–Kier alpha value is -0.460. The average Bonchev–Trinajstić information content (AvgIpc) is 2.83. The minimum absolute atomic E-state index is 0. The zero-order chi connectivity index (χ0) is 12.8. The fourth-order valence-corrected chi connectivity index (χ4v) is 2.76. The highest BCUT2D eigenvalue weighted by atomic mass is 35.5. The predicted molar refractivity (Wildman–Crippen MR) is 77.0 cm³/mol. The lowest BCUT2D eigenvalue weighted by Gasteiger charge is -2.23. The average molecular weight is 296 g/mol. The summed E-state index contributed by atoms with van der Waals surface area (Å²) in [6, 6.07) is -0.0557. The van der Waals surface area contributed by atoms with Crippen LogP contribution in [0.15, 0.2) is 0 Å². The minimum Gasteiger partial charge on any atom is -0.353 e. The Kier molecular flexibility index (Phi) is 8.39. The van der Waals surface area contributed by atoms with E-state index in [1.54, 1.807) is 16.7 Å². The molecule has 0 spiro atoms. The van der Waals surface area contributed by atoms with Gasteiger partial charge in [-0.05, 0) is 14.0 Å². The number of likely N-dealkylation sites (N-methyl/N-ethyl adjacent to an activating group) is 1. The largest absolute Gasteiger partial charge is 0.353 e. The van der Waals surface area contributed by atoms with E-state index in [0.29, 0.717) is 24.6 Å². The van der Waals surface area contributed by atoms with Crippen LogP contribution >= 0.6 is 24.2 Å². The van der Waals surface area contributed by atoms with Gasteiger partial charge >= 0.3 is 0 Å². The van der Waals surface area contributed by atoms with Crippen molar-refractivity contribution < 1.29 is 9.59 Å². The van der Waals surface area contributed by atoms with Gasteiger partial charge in [0.25, 0.3) is 0 Å². The lowest BCUT2D eigenvalue weighted by Crippen LogP contribution is -2.49. The number of carbonyl (C=O) groups is 2. The number of hydrogen-bond acceptors (Lipinski definition) is 4. The first-order chi connectivity index (χ1) is 8.10. The van der Waals surface area contributed by atoms with Crippen molar-refractivity contribution in [3.63, 3.8) is 0 Å². The molecule has 5 nitrogen and oxygen atoms in total. The molecule has 0 aromatic heterocycles. The molecular weight excluding hydrogens is 274 g/mol. The van der Waals surface area contributed by atoms with E-state index in [0.717, 1.165) is 0 Å². The van der Waals surface area contributed by atoms with E-state index < -0.39 is 0 Å². The number of hydrogen-bond donors (Lipinski definition) is 2. The third-order valence-corrected chi connectivity index (χ3v) is 3.90. The third-order valence-electron chi connectivity index (χ3n) is 2.88. The first-order valence-electron chi connectivity index (χ1n) is 5.92. The van der Waals surface area contributed by atoms with Crippen LogP contribution < -0.4 is 10.6 Å². The zero-order valence-electron chi connectivity index (χ0n) is 11.1. The molecule has 0 bridgehead atoms. The molecule has 7 heteroatoms. The van der Waals surface area contributed by atoms with Crippen molar-refractivity contribution in [2.75, 3.05) is 25.2 Å². The summed E-state index contributed by atoms with van der Waals surface area (Å²) in [4.78, 5) is 25.3. The highest BCUT2D eigenvalue weighted by Crippen LogP contribution is 2.21. The molecule has 106 valence electrons. The second-order valence-electron chi connectivity index (χ2n) is 4.17. The van der Waals surface area contributed by atoms with Crippen LogP contribution in [0.4, 0.5) is 0 Å². The van der Waals surface area contributed by atoms with Gasteiger partial charge < -0.3 is 15.5 Å². The Morgan fingerprint density at radius 3 is 2.72 bits per heavy atom. The molecule has 1 heterocycles. The van der Waals surface area contributed by atoms with Crippen LogP contribution in [0.3, 0.4) is 0 Å². The number of nitrogens with one attached hydrogen (secondary N) is 2. The number of carbonyl (C=O) groups excluding carboxylic acids is 2. The molecule has 2 amide bonds. The van der Waals surface area contributed by atoms with Crippen LogP contribution in [0.5, 0.6) is 0 Å². The zero-order valence-corrected chi connectivity index (χ0v) is 12.7. The van der Waals surface area contributed by atoms with Gasteiger partial charge in [0, 0.05) is 24.8 Å². The first kappa shape index (κ1) is 17.5.